The van der Waals surface area contributed by atoms with Crippen molar-refractivity contribution in [2.45, 2.75) is 24.7 Å². The number of hydrogen-bond donors (Lipinski definition) is 1. The molecule has 0 aromatic heterocycles. The lowest BCUT2D eigenvalue weighted by Crippen LogP contribution is -2.39. The van der Waals surface area contributed by atoms with Gasteiger partial charge in [-0.05, 0) is 30.9 Å². The van der Waals surface area contributed by atoms with E-state index in [-0.39, 0.29) is 11.7 Å². The van der Waals surface area contributed by atoms with E-state index in [9.17, 15) is 13.2 Å². The molecule has 0 radical (unpaired) electrons. The standard InChI is InChI=1S/C13H12F3NO2/c14-13(15,16)19-11-4-2-1-3-10(11)12(9-5-6-9)7-8-18-17-12/h1-4,7-9,17H,5-6H2. The molecule has 1 aromatic carbocycles. The normalized spacial score (nSPS) is 26.3. The molecule has 6 heteroatoms. The first-order valence-corrected chi connectivity index (χ1v) is 5.97. The lowest BCUT2D eigenvalue weighted by molar-refractivity contribution is -0.275. The van der Waals surface area contributed by atoms with Crippen molar-refractivity contribution in [3.63, 3.8) is 0 Å². The minimum Gasteiger partial charge on any atom is -0.416 e. The fraction of sp³-hybridized carbons (Fsp3) is 0.385. The number of hydroxylamine groups is 1. The van der Waals surface area contributed by atoms with E-state index in [1.807, 2.05) is 0 Å². The van der Waals surface area contributed by atoms with Gasteiger partial charge in [-0.15, -0.1) is 18.7 Å². The third kappa shape index (κ3) is 2.28. The summed E-state index contributed by atoms with van der Waals surface area (Å²) in [4.78, 5) is 5.03. The first-order valence-electron chi connectivity index (χ1n) is 5.97. The van der Waals surface area contributed by atoms with Crippen LogP contribution in [0.5, 0.6) is 5.75 Å². The highest BCUT2D eigenvalue weighted by atomic mass is 19.4. The summed E-state index contributed by atoms with van der Waals surface area (Å²) in [5.41, 5.74) is 2.54. The molecule has 3 nitrogen and oxygen atoms in total. The quantitative estimate of drug-likeness (QED) is 0.915. The second-order valence-corrected chi connectivity index (χ2v) is 4.71. The first kappa shape index (κ1) is 12.3. The summed E-state index contributed by atoms with van der Waals surface area (Å²) in [6, 6.07) is 6.16. The van der Waals surface area contributed by atoms with Gasteiger partial charge >= 0.3 is 6.36 Å². The molecule has 1 heterocycles. The molecule has 0 spiro atoms. The van der Waals surface area contributed by atoms with Crippen LogP contribution in [0.1, 0.15) is 18.4 Å². The molecule has 0 bridgehead atoms. The summed E-state index contributed by atoms with van der Waals surface area (Å²) in [6.07, 6.45) is 0.401. The van der Waals surface area contributed by atoms with Crippen LogP contribution < -0.4 is 10.2 Å². The molecule has 19 heavy (non-hydrogen) atoms. The van der Waals surface area contributed by atoms with Gasteiger partial charge in [-0.2, -0.15) is 0 Å². The zero-order valence-electron chi connectivity index (χ0n) is 9.91. The summed E-state index contributed by atoms with van der Waals surface area (Å²) >= 11 is 0. The number of hydrogen-bond acceptors (Lipinski definition) is 3. The second-order valence-electron chi connectivity index (χ2n) is 4.71. The second kappa shape index (κ2) is 4.16. The molecule has 2 aliphatic rings. The lowest BCUT2D eigenvalue weighted by Gasteiger charge is -2.28. The summed E-state index contributed by atoms with van der Waals surface area (Å²) < 4.78 is 41.5. The van der Waals surface area contributed by atoms with Crippen LogP contribution in [0.3, 0.4) is 0 Å². The van der Waals surface area contributed by atoms with Gasteiger partial charge < -0.3 is 9.57 Å². The van der Waals surface area contributed by atoms with E-state index >= 15 is 0 Å². The molecular formula is C13H12F3NO2. The molecule has 1 N–H and O–H groups in total. The minimum atomic E-state index is -4.70. The summed E-state index contributed by atoms with van der Waals surface area (Å²) in [6.45, 7) is 0. The van der Waals surface area contributed by atoms with Crippen molar-refractivity contribution in [2.24, 2.45) is 5.92 Å². The van der Waals surface area contributed by atoms with Crippen LogP contribution in [-0.2, 0) is 10.4 Å². The molecule has 1 unspecified atom stereocenters. The SMILES string of the molecule is FC(F)(F)Oc1ccccc1C1(C2CC2)C=CON1. The maximum atomic E-state index is 12.5. The monoisotopic (exact) mass is 271 g/mol. The Balaban J connectivity index is 2.02. The van der Waals surface area contributed by atoms with Crippen molar-refractivity contribution in [1.29, 1.82) is 0 Å². The highest BCUT2D eigenvalue weighted by molar-refractivity contribution is 5.44. The summed E-state index contributed by atoms with van der Waals surface area (Å²) in [5, 5.41) is 0. The fourth-order valence-corrected chi connectivity index (χ4v) is 2.45. The van der Waals surface area contributed by atoms with Crippen LogP contribution >= 0.6 is 0 Å². The number of para-hydroxylation sites is 1. The predicted octanol–water partition coefficient (Wildman–Crippen LogP) is 3.24. The van der Waals surface area contributed by atoms with Gasteiger partial charge in [0.25, 0.3) is 0 Å². The van der Waals surface area contributed by atoms with Crippen molar-refractivity contribution in [3.05, 3.63) is 42.2 Å². The number of benzene rings is 1. The number of halogens is 3. The van der Waals surface area contributed by atoms with Crippen LogP contribution in [0.15, 0.2) is 36.6 Å². The van der Waals surface area contributed by atoms with E-state index in [0.29, 0.717) is 5.56 Å². The molecule has 1 aliphatic heterocycles. The van der Waals surface area contributed by atoms with Crippen molar-refractivity contribution >= 4 is 0 Å². The van der Waals surface area contributed by atoms with E-state index in [1.54, 1.807) is 18.2 Å². The van der Waals surface area contributed by atoms with E-state index < -0.39 is 11.9 Å². The molecule has 102 valence electrons. The fourth-order valence-electron chi connectivity index (χ4n) is 2.45. The van der Waals surface area contributed by atoms with E-state index in [1.165, 1.54) is 18.4 Å². The van der Waals surface area contributed by atoms with Crippen molar-refractivity contribution in [2.75, 3.05) is 0 Å². The number of alkyl halides is 3. The zero-order chi connectivity index (χ0) is 13.5. The lowest BCUT2D eigenvalue weighted by atomic mass is 9.85. The predicted molar refractivity (Wildman–Crippen MR) is 60.9 cm³/mol. The average Bonchev–Trinajstić information content (AvgIpc) is 3.08. The van der Waals surface area contributed by atoms with Gasteiger partial charge in [-0.25, -0.2) is 0 Å². The van der Waals surface area contributed by atoms with Gasteiger partial charge in [0, 0.05) is 5.56 Å². The topological polar surface area (TPSA) is 30.5 Å². The Bertz CT molecular complexity index is 511. The summed E-state index contributed by atoms with van der Waals surface area (Å²) in [5.74, 6) is 0.0359. The maximum absolute atomic E-state index is 12.5. The van der Waals surface area contributed by atoms with Crippen molar-refractivity contribution in [1.82, 2.24) is 5.48 Å². The third-order valence-electron chi connectivity index (χ3n) is 3.41. The Kier molecular flexibility index (Phi) is 2.70. The molecule has 1 aliphatic carbocycles. The van der Waals surface area contributed by atoms with E-state index in [4.69, 9.17) is 4.84 Å². The molecular weight excluding hydrogens is 259 g/mol. The van der Waals surface area contributed by atoms with Gasteiger partial charge in [0.05, 0.1) is 0 Å². The summed E-state index contributed by atoms with van der Waals surface area (Å²) in [7, 11) is 0. The van der Waals surface area contributed by atoms with Gasteiger partial charge in [-0.1, -0.05) is 18.2 Å². The Morgan fingerprint density at radius 1 is 1.26 bits per heavy atom. The number of nitrogens with one attached hydrogen (secondary N) is 1. The van der Waals surface area contributed by atoms with E-state index in [0.717, 1.165) is 12.8 Å². The minimum absolute atomic E-state index is 0.190. The number of ether oxygens (including phenoxy) is 1. The highest BCUT2D eigenvalue weighted by Gasteiger charge is 2.49. The Morgan fingerprint density at radius 2 is 2.00 bits per heavy atom. The van der Waals surface area contributed by atoms with Gasteiger partial charge in [0.1, 0.15) is 17.6 Å². The Hall–Kier alpha value is -1.69. The molecule has 3 rings (SSSR count). The Labute approximate surface area is 108 Å². The molecule has 0 amide bonds. The maximum Gasteiger partial charge on any atom is 0.573 e. The van der Waals surface area contributed by atoms with Crippen LogP contribution in [0, 0.1) is 5.92 Å². The largest absolute Gasteiger partial charge is 0.573 e. The molecule has 0 saturated heterocycles. The van der Waals surface area contributed by atoms with Crippen molar-refractivity contribution < 1.29 is 22.7 Å². The number of rotatable bonds is 3. The smallest absolute Gasteiger partial charge is 0.416 e. The van der Waals surface area contributed by atoms with E-state index in [2.05, 4.69) is 10.2 Å². The van der Waals surface area contributed by atoms with Gasteiger partial charge in [0.15, 0.2) is 0 Å². The molecule has 1 saturated carbocycles. The van der Waals surface area contributed by atoms with Gasteiger partial charge in [0.2, 0.25) is 0 Å². The molecule has 1 fully saturated rings. The van der Waals surface area contributed by atoms with Crippen molar-refractivity contribution in [3.8, 4) is 5.75 Å². The molecule has 1 atom stereocenters. The van der Waals surface area contributed by atoms with Crippen LogP contribution in [0.2, 0.25) is 0 Å². The van der Waals surface area contributed by atoms with Crippen LogP contribution in [0.25, 0.3) is 0 Å². The highest BCUT2D eigenvalue weighted by Crippen LogP contribution is 2.50. The first-order chi connectivity index (χ1) is 9.01. The zero-order valence-corrected chi connectivity index (χ0v) is 9.91. The van der Waals surface area contributed by atoms with Gasteiger partial charge in [-0.3, -0.25) is 0 Å². The molecule has 1 aromatic rings. The Morgan fingerprint density at radius 3 is 2.58 bits per heavy atom. The van der Waals surface area contributed by atoms with Crippen LogP contribution in [0.4, 0.5) is 13.2 Å². The van der Waals surface area contributed by atoms with Crippen LogP contribution in [-0.4, -0.2) is 6.36 Å². The third-order valence-corrected chi connectivity index (χ3v) is 3.41. The average molecular weight is 271 g/mol.